The molecule has 2 N–H and O–H groups in total. The Morgan fingerprint density at radius 1 is 0.957 bits per heavy atom. The maximum atomic E-state index is 13.8. The number of anilines is 1. The Kier molecular flexibility index (Phi) is 10.6. The molecule has 0 unspecified atom stereocenters. The molecule has 3 aromatic rings. The van der Waals surface area contributed by atoms with E-state index in [1.807, 2.05) is 80.6 Å². The second-order valence-electron chi connectivity index (χ2n) is 12.0. The number of cyclic esters (lactones) is 1. The van der Waals surface area contributed by atoms with Gasteiger partial charge in [-0.1, -0.05) is 92.7 Å². The highest BCUT2D eigenvalue weighted by Crippen LogP contribution is 2.29. The molecule has 0 spiro atoms. The number of imide groups is 1. The van der Waals surface area contributed by atoms with Crippen molar-refractivity contribution in [3.8, 4) is 0 Å². The number of hydrogen-bond acceptors (Lipinski definition) is 7. The Morgan fingerprint density at radius 2 is 1.63 bits per heavy atom. The molecule has 3 amide bonds. The van der Waals surface area contributed by atoms with Gasteiger partial charge in [-0.2, -0.15) is 0 Å². The van der Waals surface area contributed by atoms with Gasteiger partial charge in [-0.3, -0.25) is 19.5 Å². The second-order valence-corrected chi connectivity index (χ2v) is 12.0. The highest BCUT2D eigenvalue weighted by atomic mass is 16.6. The predicted octanol–water partition coefficient (Wildman–Crippen LogP) is 5.22. The standard InChI is InChI=1S/C36H40N4O6/c1-24(2)28(22-31(41)40-20-21-46-36(40)45)33(35(43)44)38-32(26-14-7-4-8-15-26)27-16-9-10-17-29(27)37-34(42)30-18-11-19-39(30)23-25-12-5-3-6-13-25/h3-10,12-17,24,28,30,33H,11,18-23H2,1-2H3,(H,37,42)(H,43,44)/t28-,30-,33+/m0/s1. The van der Waals surface area contributed by atoms with Gasteiger partial charge in [0, 0.05) is 30.0 Å². The van der Waals surface area contributed by atoms with Crippen LogP contribution in [0.3, 0.4) is 0 Å². The smallest absolute Gasteiger partial charge is 0.416 e. The lowest BCUT2D eigenvalue weighted by atomic mass is 9.85. The molecule has 3 atom stereocenters. The van der Waals surface area contributed by atoms with Gasteiger partial charge in [0.1, 0.15) is 6.61 Å². The number of aliphatic carboxylic acids is 1. The van der Waals surface area contributed by atoms with E-state index in [1.165, 1.54) is 0 Å². The first-order chi connectivity index (χ1) is 22.2. The number of carboxylic acid groups (broad SMARTS) is 1. The summed E-state index contributed by atoms with van der Waals surface area (Å²) in [7, 11) is 0. The highest BCUT2D eigenvalue weighted by Gasteiger charge is 2.37. The minimum Gasteiger partial charge on any atom is -0.480 e. The number of nitrogens with one attached hydrogen (secondary N) is 1. The summed E-state index contributed by atoms with van der Waals surface area (Å²) < 4.78 is 4.92. The van der Waals surface area contributed by atoms with Gasteiger partial charge in [-0.05, 0) is 36.9 Å². The lowest BCUT2D eigenvalue weighted by Gasteiger charge is -2.27. The SMILES string of the molecule is CC(C)[C@H](CC(=O)N1CCOC1=O)[C@@H](N=C(c1ccccc1)c1ccccc1NC(=O)[C@@H]1CCCN1Cc1ccccc1)C(=O)O. The molecular weight excluding hydrogens is 584 g/mol. The summed E-state index contributed by atoms with van der Waals surface area (Å²) in [5.41, 5.74) is 3.27. The summed E-state index contributed by atoms with van der Waals surface area (Å²) >= 11 is 0. The number of amides is 3. The molecule has 2 saturated heterocycles. The first-order valence-corrected chi connectivity index (χ1v) is 15.7. The van der Waals surface area contributed by atoms with E-state index in [0.717, 1.165) is 29.8 Å². The molecule has 2 aliphatic heterocycles. The van der Waals surface area contributed by atoms with Crippen LogP contribution in [0.2, 0.25) is 0 Å². The van der Waals surface area contributed by atoms with E-state index in [1.54, 1.807) is 6.07 Å². The Hall–Kier alpha value is -4.83. The van der Waals surface area contributed by atoms with Gasteiger partial charge in [0.05, 0.1) is 24.0 Å². The van der Waals surface area contributed by atoms with Crippen LogP contribution in [0.4, 0.5) is 10.5 Å². The third-order valence-corrected chi connectivity index (χ3v) is 8.64. The van der Waals surface area contributed by atoms with Crippen molar-refractivity contribution in [2.45, 2.75) is 51.7 Å². The van der Waals surface area contributed by atoms with Gasteiger partial charge in [0.2, 0.25) is 11.8 Å². The second kappa shape index (κ2) is 15.0. The molecule has 46 heavy (non-hydrogen) atoms. The molecule has 10 heteroatoms. The first-order valence-electron chi connectivity index (χ1n) is 15.7. The van der Waals surface area contributed by atoms with Crippen molar-refractivity contribution in [3.63, 3.8) is 0 Å². The third kappa shape index (κ3) is 7.69. The molecular formula is C36H40N4O6. The number of benzene rings is 3. The molecule has 0 bridgehead atoms. The topological polar surface area (TPSA) is 129 Å². The van der Waals surface area contributed by atoms with Crippen LogP contribution >= 0.6 is 0 Å². The van der Waals surface area contributed by atoms with Gasteiger partial charge >= 0.3 is 12.1 Å². The molecule has 0 aromatic heterocycles. The largest absolute Gasteiger partial charge is 0.480 e. The van der Waals surface area contributed by atoms with E-state index in [-0.39, 0.29) is 37.4 Å². The van der Waals surface area contributed by atoms with Crippen molar-refractivity contribution in [1.29, 1.82) is 0 Å². The summed E-state index contributed by atoms with van der Waals surface area (Å²) in [5.74, 6) is -2.78. The van der Waals surface area contributed by atoms with Crippen molar-refractivity contribution in [3.05, 3.63) is 102 Å². The molecule has 5 rings (SSSR count). The van der Waals surface area contributed by atoms with Crippen molar-refractivity contribution in [1.82, 2.24) is 9.80 Å². The molecule has 10 nitrogen and oxygen atoms in total. The van der Waals surface area contributed by atoms with Crippen LogP contribution in [-0.2, 0) is 25.7 Å². The molecule has 0 radical (unpaired) electrons. The van der Waals surface area contributed by atoms with Gasteiger partial charge in [0.25, 0.3) is 0 Å². The van der Waals surface area contributed by atoms with Gasteiger partial charge in [-0.25, -0.2) is 14.5 Å². The number of likely N-dealkylation sites (tertiary alicyclic amines) is 1. The number of ether oxygens (including phenoxy) is 1. The number of hydrogen-bond donors (Lipinski definition) is 2. The van der Waals surface area contributed by atoms with Crippen LogP contribution in [0, 0.1) is 11.8 Å². The fraction of sp³-hybridized carbons (Fsp3) is 0.361. The summed E-state index contributed by atoms with van der Waals surface area (Å²) in [6.45, 7) is 5.41. The maximum Gasteiger partial charge on any atom is 0.416 e. The van der Waals surface area contributed by atoms with E-state index in [9.17, 15) is 24.3 Å². The fourth-order valence-corrected chi connectivity index (χ4v) is 6.16. The minimum absolute atomic E-state index is 0.114. The normalized spacial score (nSPS) is 18.3. The van der Waals surface area contributed by atoms with Gasteiger partial charge in [-0.15, -0.1) is 0 Å². The zero-order valence-electron chi connectivity index (χ0n) is 26.2. The lowest BCUT2D eigenvalue weighted by Crippen LogP contribution is -2.40. The van der Waals surface area contributed by atoms with Crippen molar-refractivity contribution in [2.24, 2.45) is 16.8 Å². The number of carbonyl (C=O) groups excluding carboxylic acids is 3. The Bertz CT molecular complexity index is 1580. The van der Waals surface area contributed by atoms with E-state index in [0.29, 0.717) is 29.1 Å². The number of para-hydroxylation sites is 1. The van der Waals surface area contributed by atoms with Crippen molar-refractivity contribution < 1.29 is 29.0 Å². The molecule has 0 saturated carbocycles. The monoisotopic (exact) mass is 624 g/mol. The maximum absolute atomic E-state index is 13.8. The summed E-state index contributed by atoms with van der Waals surface area (Å²) in [4.78, 5) is 59.8. The molecule has 2 fully saturated rings. The van der Waals surface area contributed by atoms with E-state index in [4.69, 9.17) is 9.73 Å². The van der Waals surface area contributed by atoms with Gasteiger partial charge < -0.3 is 15.2 Å². The van der Waals surface area contributed by atoms with Crippen LogP contribution in [0.25, 0.3) is 0 Å². The Labute approximate surface area is 269 Å². The van der Waals surface area contributed by atoms with Crippen LogP contribution in [0.15, 0.2) is 89.9 Å². The average Bonchev–Trinajstić information content (AvgIpc) is 3.70. The van der Waals surface area contributed by atoms with E-state index in [2.05, 4.69) is 22.3 Å². The average molecular weight is 625 g/mol. The summed E-state index contributed by atoms with van der Waals surface area (Å²) in [6.07, 6.45) is 0.735. The number of rotatable bonds is 12. The third-order valence-electron chi connectivity index (χ3n) is 8.64. The predicted molar refractivity (Wildman–Crippen MR) is 174 cm³/mol. The van der Waals surface area contributed by atoms with Crippen LogP contribution in [0.1, 0.15) is 49.8 Å². The van der Waals surface area contributed by atoms with Gasteiger partial charge in [0.15, 0.2) is 6.04 Å². The number of nitrogens with zero attached hydrogens (tertiary/aromatic N) is 3. The summed E-state index contributed by atoms with van der Waals surface area (Å²) in [5, 5.41) is 13.6. The Balaban J connectivity index is 1.47. The number of aliphatic imine (C=N–C) groups is 1. The van der Waals surface area contributed by atoms with Crippen LogP contribution in [0.5, 0.6) is 0 Å². The minimum atomic E-state index is -1.31. The van der Waals surface area contributed by atoms with E-state index >= 15 is 0 Å². The van der Waals surface area contributed by atoms with Crippen molar-refractivity contribution in [2.75, 3.05) is 25.0 Å². The zero-order valence-corrected chi connectivity index (χ0v) is 26.2. The fourth-order valence-electron chi connectivity index (χ4n) is 6.16. The first kappa shape index (κ1) is 32.6. The van der Waals surface area contributed by atoms with E-state index < -0.39 is 29.9 Å². The van der Waals surface area contributed by atoms with Crippen LogP contribution in [-0.4, -0.2) is 76.3 Å². The Morgan fingerprint density at radius 3 is 2.28 bits per heavy atom. The molecule has 240 valence electrons. The van der Waals surface area contributed by atoms with Crippen LogP contribution < -0.4 is 5.32 Å². The number of carboxylic acids is 1. The molecule has 0 aliphatic carbocycles. The zero-order chi connectivity index (χ0) is 32.6. The lowest BCUT2D eigenvalue weighted by molar-refractivity contribution is -0.141. The molecule has 3 aromatic carbocycles. The molecule has 2 aliphatic rings. The quantitative estimate of drug-likeness (QED) is 0.265. The van der Waals surface area contributed by atoms with Crippen molar-refractivity contribution >= 4 is 35.3 Å². The highest BCUT2D eigenvalue weighted by molar-refractivity contribution is 6.17. The summed E-state index contributed by atoms with van der Waals surface area (Å²) in [6, 6.07) is 24.9. The number of carbonyl (C=O) groups is 4. The molecule has 2 heterocycles.